The van der Waals surface area contributed by atoms with Crippen LogP contribution in [0.2, 0.25) is 5.02 Å². The minimum absolute atomic E-state index is 0.256. The average molecular weight is 315 g/mol. The molecule has 0 saturated carbocycles. The monoisotopic (exact) mass is 314 g/mol. The van der Waals surface area contributed by atoms with Crippen molar-refractivity contribution < 1.29 is 19.5 Å². The van der Waals surface area contributed by atoms with Crippen LogP contribution in [0.25, 0.3) is 0 Å². The van der Waals surface area contributed by atoms with E-state index in [1.54, 1.807) is 12.1 Å². The van der Waals surface area contributed by atoms with E-state index in [1.807, 2.05) is 0 Å². The van der Waals surface area contributed by atoms with Gasteiger partial charge in [0, 0.05) is 13.1 Å². The summed E-state index contributed by atoms with van der Waals surface area (Å²) in [5, 5.41) is 17.1. The van der Waals surface area contributed by atoms with Crippen LogP contribution < -0.4 is 15.7 Å². The second kappa shape index (κ2) is 6.51. The molecule has 4 N–H and O–H groups in total. The fraction of sp³-hybridized carbons (Fsp3) is 0.333. The molecule has 0 spiro atoms. The summed E-state index contributed by atoms with van der Waals surface area (Å²) in [6, 6.07) is 4.81. The van der Waals surface area contributed by atoms with Crippen molar-refractivity contribution in [3.05, 3.63) is 23.2 Å². The lowest BCUT2D eigenvalue weighted by atomic mass is 10.2. The van der Waals surface area contributed by atoms with Crippen molar-refractivity contribution in [2.45, 2.75) is 0 Å². The molecule has 0 aliphatic carbocycles. The van der Waals surface area contributed by atoms with E-state index in [4.69, 9.17) is 32.6 Å². The highest BCUT2D eigenvalue weighted by Gasteiger charge is 2.19. The minimum atomic E-state index is -1.57. The van der Waals surface area contributed by atoms with Gasteiger partial charge in [-0.25, -0.2) is 4.79 Å². The Balaban J connectivity index is 2.24. The smallest absolute Gasteiger partial charge is 0.448 e. The number of hydrogen-bond donors (Lipinski definition) is 3. The van der Waals surface area contributed by atoms with Gasteiger partial charge >= 0.3 is 6.16 Å². The molecule has 1 heterocycles. The molecule has 1 aliphatic heterocycles. The Hall–Kier alpha value is -2.19. The quantitative estimate of drug-likeness (QED) is 0.430. The highest BCUT2D eigenvalue weighted by atomic mass is 35.5. The van der Waals surface area contributed by atoms with Gasteiger partial charge in [0.15, 0.2) is 0 Å². The first-order chi connectivity index (χ1) is 9.99. The third kappa shape index (κ3) is 3.67. The Morgan fingerprint density at radius 3 is 2.67 bits per heavy atom. The van der Waals surface area contributed by atoms with Crippen LogP contribution in [0.15, 0.2) is 18.2 Å². The molecule has 1 saturated heterocycles. The molecule has 0 amide bonds. The van der Waals surface area contributed by atoms with Crippen LogP contribution in [0.1, 0.15) is 0 Å². The molecular weight excluding hydrogens is 300 g/mol. The second-order valence-electron chi connectivity index (χ2n) is 4.27. The van der Waals surface area contributed by atoms with Crippen LogP contribution >= 0.6 is 11.6 Å². The first-order valence-electron chi connectivity index (χ1n) is 6.16. The van der Waals surface area contributed by atoms with Crippen molar-refractivity contribution in [2.75, 3.05) is 36.3 Å². The Morgan fingerprint density at radius 1 is 1.48 bits per heavy atom. The van der Waals surface area contributed by atoms with Crippen molar-refractivity contribution in [3.63, 3.8) is 0 Å². The summed E-state index contributed by atoms with van der Waals surface area (Å²) in [6.45, 7) is 2.70. The van der Waals surface area contributed by atoms with Gasteiger partial charge in [0.1, 0.15) is 0 Å². The Kier molecular flexibility index (Phi) is 4.71. The number of ether oxygens (including phenoxy) is 1. The molecule has 9 heteroatoms. The largest absolute Gasteiger partial charge is 0.531 e. The number of guanidine groups is 1. The summed E-state index contributed by atoms with van der Waals surface area (Å²) < 4.78 is 5.28. The van der Waals surface area contributed by atoms with Crippen LogP contribution in [-0.4, -0.2) is 43.5 Å². The number of nitrogens with zero attached hydrogens (tertiary/aromatic N) is 2. The minimum Gasteiger partial charge on any atom is -0.448 e. The third-order valence-corrected chi connectivity index (χ3v) is 3.21. The number of anilines is 2. The van der Waals surface area contributed by atoms with E-state index in [9.17, 15) is 4.79 Å². The number of nitrogens with two attached hydrogens (primary N) is 1. The molecule has 1 fully saturated rings. The number of nitrogens with one attached hydrogen (secondary N) is 1. The summed E-state index contributed by atoms with van der Waals surface area (Å²) in [5.41, 5.74) is 6.36. The number of hydrogen-bond acceptors (Lipinski definition) is 5. The normalized spacial score (nSPS) is 14.6. The molecule has 114 valence electrons. The van der Waals surface area contributed by atoms with E-state index in [-0.39, 0.29) is 5.69 Å². The highest BCUT2D eigenvalue weighted by Crippen LogP contribution is 2.31. The van der Waals surface area contributed by atoms with Gasteiger partial charge in [-0.15, -0.1) is 5.06 Å². The van der Waals surface area contributed by atoms with E-state index in [0.717, 1.165) is 18.8 Å². The molecule has 21 heavy (non-hydrogen) atoms. The van der Waals surface area contributed by atoms with Crippen LogP contribution in [0.4, 0.5) is 16.2 Å². The summed E-state index contributed by atoms with van der Waals surface area (Å²) in [5.74, 6) is -0.562. The number of benzene rings is 1. The number of carboxylic acid groups (broad SMARTS) is 1. The maximum atomic E-state index is 10.6. The molecular formula is C12H15ClN4O4. The standard InChI is InChI=1S/C12H15ClN4O4/c13-9-7-8(17(11(14)15)21-12(18)19)1-2-10(9)16-3-5-20-6-4-16/h1-2,7H,3-6H2,(H3,14,15)(H,18,19). The molecule has 0 bridgehead atoms. The third-order valence-electron chi connectivity index (χ3n) is 2.91. The van der Waals surface area contributed by atoms with Crippen LogP contribution in [-0.2, 0) is 9.57 Å². The fourth-order valence-corrected chi connectivity index (χ4v) is 2.30. The Morgan fingerprint density at radius 2 is 2.14 bits per heavy atom. The van der Waals surface area contributed by atoms with Crippen LogP contribution in [0, 0.1) is 5.41 Å². The molecule has 0 atom stereocenters. The van der Waals surface area contributed by atoms with Gasteiger partial charge in [0.25, 0.3) is 0 Å². The second-order valence-corrected chi connectivity index (χ2v) is 4.68. The number of carbonyl (C=O) groups is 1. The van der Waals surface area contributed by atoms with Gasteiger partial charge < -0.3 is 20.5 Å². The lowest BCUT2D eigenvalue weighted by molar-refractivity contribution is 0.0942. The summed E-state index contributed by atoms with van der Waals surface area (Å²) in [6.07, 6.45) is -1.57. The average Bonchev–Trinajstić information content (AvgIpc) is 2.45. The zero-order valence-electron chi connectivity index (χ0n) is 11.1. The first kappa shape index (κ1) is 15.2. The maximum absolute atomic E-state index is 10.6. The zero-order chi connectivity index (χ0) is 15.4. The zero-order valence-corrected chi connectivity index (χ0v) is 11.8. The number of morpholine rings is 1. The Bertz CT molecular complexity index is 548. The van der Waals surface area contributed by atoms with Gasteiger partial charge in [0.2, 0.25) is 5.96 Å². The van der Waals surface area contributed by atoms with Crippen molar-refractivity contribution in [1.29, 1.82) is 5.41 Å². The molecule has 1 aromatic rings. The molecule has 2 rings (SSSR count). The van der Waals surface area contributed by atoms with Crippen LogP contribution in [0.5, 0.6) is 0 Å². The molecule has 1 aromatic carbocycles. The maximum Gasteiger partial charge on any atom is 0.531 e. The first-order valence-corrected chi connectivity index (χ1v) is 6.54. The van der Waals surface area contributed by atoms with Gasteiger partial charge in [-0.1, -0.05) is 11.6 Å². The highest BCUT2D eigenvalue weighted by molar-refractivity contribution is 6.33. The summed E-state index contributed by atoms with van der Waals surface area (Å²) in [7, 11) is 0. The van der Waals surface area contributed by atoms with Crippen molar-refractivity contribution in [1.82, 2.24) is 0 Å². The summed E-state index contributed by atoms with van der Waals surface area (Å²) in [4.78, 5) is 17.1. The molecule has 0 radical (unpaired) electrons. The number of halogens is 1. The van der Waals surface area contributed by atoms with Crippen molar-refractivity contribution >= 4 is 35.1 Å². The SMILES string of the molecule is N=C(N)N(OC(=O)O)c1ccc(N2CCOCC2)c(Cl)c1. The van der Waals surface area contributed by atoms with Crippen molar-refractivity contribution in [2.24, 2.45) is 5.73 Å². The molecule has 1 aliphatic rings. The van der Waals surface area contributed by atoms with Gasteiger partial charge in [-0.3, -0.25) is 10.2 Å². The topological polar surface area (TPSA) is 112 Å². The van der Waals surface area contributed by atoms with E-state index >= 15 is 0 Å². The van der Waals surface area contributed by atoms with E-state index in [1.165, 1.54) is 6.07 Å². The van der Waals surface area contributed by atoms with Crippen LogP contribution in [0.3, 0.4) is 0 Å². The number of rotatable bonds is 2. The molecule has 0 unspecified atom stereocenters. The predicted molar refractivity (Wildman–Crippen MR) is 78.0 cm³/mol. The fourth-order valence-electron chi connectivity index (χ4n) is 2.00. The van der Waals surface area contributed by atoms with E-state index in [2.05, 4.69) is 9.74 Å². The lowest BCUT2D eigenvalue weighted by Crippen LogP contribution is -2.38. The molecule has 8 nitrogen and oxygen atoms in total. The molecule has 0 aromatic heterocycles. The lowest BCUT2D eigenvalue weighted by Gasteiger charge is -2.30. The summed E-state index contributed by atoms with van der Waals surface area (Å²) >= 11 is 6.22. The van der Waals surface area contributed by atoms with Gasteiger partial charge in [-0.2, -0.15) is 0 Å². The van der Waals surface area contributed by atoms with E-state index < -0.39 is 12.1 Å². The Labute approximate surface area is 126 Å². The number of hydroxylamine groups is 1. The predicted octanol–water partition coefficient (Wildman–Crippen LogP) is 1.49. The van der Waals surface area contributed by atoms with E-state index in [0.29, 0.717) is 23.3 Å². The van der Waals surface area contributed by atoms with Crippen molar-refractivity contribution in [3.8, 4) is 0 Å². The van der Waals surface area contributed by atoms with Gasteiger partial charge in [-0.05, 0) is 18.2 Å². The van der Waals surface area contributed by atoms with Gasteiger partial charge in [0.05, 0.1) is 29.6 Å².